The number of ether oxygens (including phenoxy) is 1. The maximum Gasteiger partial charge on any atom is 0.323 e. The Morgan fingerprint density at radius 2 is 2.04 bits per heavy atom. The van der Waals surface area contributed by atoms with Gasteiger partial charge in [0.25, 0.3) is 5.91 Å². The number of nitrogens with zero attached hydrogens (tertiary/aromatic N) is 1. The lowest BCUT2D eigenvalue weighted by Crippen LogP contribution is -2.40. The van der Waals surface area contributed by atoms with Crippen LogP contribution in [0.15, 0.2) is 24.3 Å². The van der Waals surface area contributed by atoms with Crippen LogP contribution in [0.3, 0.4) is 0 Å². The van der Waals surface area contributed by atoms with Crippen LogP contribution < -0.4 is 10.1 Å². The number of nitrogens with one attached hydrogen (secondary N) is 1. The highest BCUT2D eigenvalue weighted by atomic mass is 16.5. The Balaban J connectivity index is 1.90. The largest absolute Gasteiger partial charge is 0.484 e. The molecule has 1 saturated carbocycles. The molecule has 25 heavy (non-hydrogen) atoms. The number of hydrogen-bond acceptors (Lipinski definition) is 4. The Hall–Kier alpha value is -2.57. The Morgan fingerprint density at radius 3 is 2.64 bits per heavy atom. The predicted molar refractivity (Wildman–Crippen MR) is 92.3 cm³/mol. The summed E-state index contributed by atoms with van der Waals surface area (Å²) in [7, 11) is 0. The highest BCUT2D eigenvalue weighted by Gasteiger charge is 2.29. The van der Waals surface area contributed by atoms with Crippen molar-refractivity contribution in [2.75, 3.05) is 25.0 Å². The lowest BCUT2D eigenvalue weighted by molar-refractivity contribution is -0.145. The summed E-state index contributed by atoms with van der Waals surface area (Å²) in [4.78, 5) is 36.2. The molecule has 1 fully saturated rings. The van der Waals surface area contributed by atoms with Crippen LogP contribution in [-0.4, -0.2) is 47.5 Å². The van der Waals surface area contributed by atoms with E-state index in [0.29, 0.717) is 18.0 Å². The molecule has 0 aliphatic heterocycles. The average Bonchev–Trinajstić information content (AvgIpc) is 3.36. The van der Waals surface area contributed by atoms with Gasteiger partial charge in [0.1, 0.15) is 12.3 Å². The van der Waals surface area contributed by atoms with Gasteiger partial charge in [0.05, 0.1) is 0 Å². The van der Waals surface area contributed by atoms with Gasteiger partial charge in [-0.3, -0.25) is 14.4 Å². The third-order valence-corrected chi connectivity index (χ3v) is 3.68. The van der Waals surface area contributed by atoms with E-state index in [1.807, 2.05) is 13.8 Å². The maximum absolute atomic E-state index is 12.2. The third-order valence-electron chi connectivity index (χ3n) is 3.68. The Morgan fingerprint density at radius 1 is 1.32 bits per heavy atom. The van der Waals surface area contributed by atoms with Gasteiger partial charge in [-0.15, -0.1) is 0 Å². The van der Waals surface area contributed by atoms with Crippen molar-refractivity contribution in [2.24, 2.45) is 11.8 Å². The molecule has 0 unspecified atom stereocenters. The number of carboxylic acids is 1. The monoisotopic (exact) mass is 348 g/mol. The molecule has 136 valence electrons. The first-order valence-corrected chi connectivity index (χ1v) is 8.38. The van der Waals surface area contributed by atoms with E-state index in [9.17, 15) is 14.4 Å². The molecule has 2 N–H and O–H groups in total. The van der Waals surface area contributed by atoms with Crippen LogP contribution in [0.5, 0.6) is 5.75 Å². The molecule has 0 atom stereocenters. The summed E-state index contributed by atoms with van der Waals surface area (Å²) < 4.78 is 5.47. The summed E-state index contributed by atoms with van der Waals surface area (Å²) in [5.41, 5.74) is 0.617. The van der Waals surface area contributed by atoms with Gasteiger partial charge in [-0.1, -0.05) is 19.9 Å². The lowest BCUT2D eigenvalue weighted by Gasteiger charge is -2.22. The van der Waals surface area contributed by atoms with E-state index in [0.717, 1.165) is 12.8 Å². The zero-order valence-electron chi connectivity index (χ0n) is 14.5. The Bertz CT molecular complexity index is 640. The van der Waals surface area contributed by atoms with Gasteiger partial charge < -0.3 is 20.1 Å². The van der Waals surface area contributed by atoms with E-state index in [2.05, 4.69) is 5.32 Å². The Labute approximate surface area is 147 Å². The fourth-order valence-corrected chi connectivity index (χ4v) is 2.35. The zero-order chi connectivity index (χ0) is 18.4. The minimum absolute atomic E-state index is 0.00204. The molecule has 0 heterocycles. The molecule has 7 heteroatoms. The molecule has 0 saturated heterocycles. The molecule has 2 amide bonds. The van der Waals surface area contributed by atoms with E-state index < -0.39 is 5.97 Å². The van der Waals surface area contributed by atoms with Crippen molar-refractivity contribution in [1.82, 2.24) is 4.90 Å². The third kappa shape index (κ3) is 6.45. The van der Waals surface area contributed by atoms with Crippen LogP contribution >= 0.6 is 0 Å². The molecule has 1 aliphatic carbocycles. The Kier molecular flexibility index (Phi) is 6.38. The zero-order valence-corrected chi connectivity index (χ0v) is 14.5. The molecule has 0 bridgehead atoms. The molecule has 1 aromatic rings. The summed E-state index contributed by atoms with van der Waals surface area (Å²) in [6, 6.07) is 6.82. The van der Waals surface area contributed by atoms with E-state index in [-0.39, 0.29) is 36.8 Å². The van der Waals surface area contributed by atoms with E-state index in [4.69, 9.17) is 9.84 Å². The second kappa shape index (κ2) is 8.50. The molecule has 0 spiro atoms. The number of rotatable bonds is 9. The fraction of sp³-hybridized carbons (Fsp3) is 0.500. The fourth-order valence-electron chi connectivity index (χ4n) is 2.35. The van der Waals surface area contributed by atoms with Gasteiger partial charge >= 0.3 is 5.97 Å². The van der Waals surface area contributed by atoms with Gasteiger partial charge in [-0.05, 0) is 30.9 Å². The van der Waals surface area contributed by atoms with E-state index in [1.54, 1.807) is 24.3 Å². The van der Waals surface area contributed by atoms with Crippen molar-refractivity contribution >= 4 is 23.5 Å². The number of carbonyl (C=O) groups excluding carboxylic acids is 2. The number of carboxylic acid groups (broad SMARTS) is 1. The second-order valence-corrected chi connectivity index (χ2v) is 6.64. The molecule has 1 aromatic carbocycles. The normalized spacial score (nSPS) is 13.4. The molecule has 2 rings (SSSR count). The summed E-state index contributed by atoms with van der Waals surface area (Å²) in [5, 5.41) is 11.7. The molecular formula is C18H24N2O5. The highest BCUT2D eigenvalue weighted by Crippen LogP contribution is 2.30. The van der Waals surface area contributed by atoms with Crippen LogP contribution in [0, 0.1) is 11.8 Å². The summed E-state index contributed by atoms with van der Waals surface area (Å²) >= 11 is 0. The molecule has 7 nitrogen and oxygen atoms in total. The molecular weight excluding hydrogens is 324 g/mol. The first kappa shape index (κ1) is 18.8. The van der Waals surface area contributed by atoms with Crippen molar-refractivity contribution in [2.45, 2.75) is 26.7 Å². The topological polar surface area (TPSA) is 95.9 Å². The van der Waals surface area contributed by atoms with Crippen LogP contribution in [0.1, 0.15) is 26.7 Å². The number of amides is 2. The lowest BCUT2D eigenvalue weighted by atomic mass is 10.2. The SMILES string of the molecule is CC(C)CN(CC(=O)O)C(=O)COc1cccc(NC(=O)C2CC2)c1. The molecule has 0 aromatic heterocycles. The summed E-state index contributed by atoms with van der Waals surface area (Å²) in [6.07, 6.45) is 1.84. The minimum atomic E-state index is -1.06. The number of aliphatic carboxylic acids is 1. The van der Waals surface area contributed by atoms with Gasteiger partial charge in [-0.2, -0.15) is 0 Å². The number of hydrogen-bond donors (Lipinski definition) is 2. The van der Waals surface area contributed by atoms with Crippen LogP contribution in [-0.2, 0) is 14.4 Å². The number of carbonyl (C=O) groups is 3. The van der Waals surface area contributed by atoms with Gasteiger partial charge in [0, 0.05) is 24.2 Å². The van der Waals surface area contributed by atoms with Gasteiger partial charge in [-0.25, -0.2) is 0 Å². The first-order chi connectivity index (χ1) is 11.8. The minimum Gasteiger partial charge on any atom is -0.484 e. The quantitative estimate of drug-likeness (QED) is 0.711. The highest BCUT2D eigenvalue weighted by molar-refractivity contribution is 5.94. The number of anilines is 1. The van der Waals surface area contributed by atoms with Crippen LogP contribution in [0.25, 0.3) is 0 Å². The predicted octanol–water partition coefficient (Wildman–Crippen LogP) is 1.98. The second-order valence-electron chi connectivity index (χ2n) is 6.64. The average molecular weight is 348 g/mol. The maximum atomic E-state index is 12.2. The molecule has 1 aliphatic rings. The van der Waals surface area contributed by atoms with E-state index in [1.165, 1.54) is 4.90 Å². The van der Waals surface area contributed by atoms with Crippen molar-refractivity contribution in [3.05, 3.63) is 24.3 Å². The van der Waals surface area contributed by atoms with Crippen molar-refractivity contribution in [3.63, 3.8) is 0 Å². The first-order valence-electron chi connectivity index (χ1n) is 8.38. The van der Waals surface area contributed by atoms with E-state index >= 15 is 0 Å². The summed E-state index contributed by atoms with van der Waals surface area (Å²) in [6.45, 7) is 3.58. The van der Waals surface area contributed by atoms with Gasteiger partial charge in [0.15, 0.2) is 6.61 Å². The molecule has 0 radical (unpaired) electrons. The van der Waals surface area contributed by atoms with Crippen molar-refractivity contribution < 1.29 is 24.2 Å². The summed E-state index contributed by atoms with van der Waals surface area (Å²) in [5.74, 6) is -0.738. The van der Waals surface area contributed by atoms with Crippen LogP contribution in [0.4, 0.5) is 5.69 Å². The van der Waals surface area contributed by atoms with Crippen LogP contribution in [0.2, 0.25) is 0 Å². The standard InChI is InChI=1S/C18H24N2O5/c1-12(2)9-20(10-17(22)23)16(21)11-25-15-5-3-4-14(8-15)19-18(24)13-6-7-13/h3-5,8,12-13H,6-7,9-11H2,1-2H3,(H,19,24)(H,22,23). The number of benzene rings is 1. The van der Waals surface area contributed by atoms with Gasteiger partial charge in [0.2, 0.25) is 5.91 Å². The van der Waals surface area contributed by atoms with Crippen molar-refractivity contribution in [3.8, 4) is 5.75 Å². The smallest absolute Gasteiger partial charge is 0.323 e. The van der Waals surface area contributed by atoms with Crippen molar-refractivity contribution in [1.29, 1.82) is 0 Å².